The van der Waals surface area contributed by atoms with E-state index < -0.39 is 0 Å². The summed E-state index contributed by atoms with van der Waals surface area (Å²) in [6, 6.07) is 2.04. The molecule has 15 heavy (non-hydrogen) atoms. The highest BCUT2D eigenvalue weighted by Gasteiger charge is 2.45. The van der Waals surface area contributed by atoms with Gasteiger partial charge >= 0.3 is 0 Å². The van der Waals surface area contributed by atoms with Gasteiger partial charge in [-0.3, -0.25) is 4.79 Å². The number of anilines is 1. The zero-order valence-electron chi connectivity index (χ0n) is 8.72. The van der Waals surface area contributed by atoms with Gasteiger partial charge < -0.3 is 9.80 Å². The summed E-state index contributed by atoms with van der Waals surface area (Å²) < 4.78 is 0. The molecule has 2 aliphatic heterocycles. The molecule has 0 N–H and O–H groups in total. The molecule has 2 saturated heterocycles. The molecule has 1 amide bonds. The van der Waals surface area contributed by atoms with Gasteiger partial charge in [0.25, 0.3) is 0 Å². The van der Waals surface area contributed by atoms with Crippen LogP contribution >= 0.6 is 11.3 Å². The second kappa shape index (κ2) is 3.32. The van der Waals surface area contributed by atoms with Gasteiger partial charge in [-0.05, 0) is 18.5 Å². The topological polar surface area (TPSA) is 23.6 Å². The van der Waals surface area contributed by atoms with Crippen molar-refractivity contribution < 1.29 is 4.79 Å². The maximum absolute atomic E-state index is 12.1. The van der Waals surface area contributed by atoms with E-state index >= 15 is 0 Å². The molecule has 3 nitrogen and oxygen atoms in total. The zero-order chi connectivity index (χ0) is 10.4. The standard InChI is InChI=1S/C11H14N2OS/c1-12-4-8-5-13(9-2-3-15-7-9)11(14)10(8)6-12/h2-3,7-8,10H,4-6H2,1H3/t8-,10-/m1/s1. The lowest BCUT2D eigenvalue weighted by atomic mass is 10.0. The van der Waals surface area contributed by atoms with Crippen LogP contribution in [0.2, 0.25) is 0 Å². The molecule has 0 saturated carbocycles. The molecule has 3 heterocycles. The van der Waals surface area contributed by atoms with E-state index in [4.69, 9.17) is 0 Å². The molecule has 2 fully saturated rings. The number of carbonyl (C=O) groups excluding carboxylic acids is 1. The normalized spacial score (nSPS) is 31.3. The number of thiophene rings is 1. The number of amides is 1. The number of nitrogens with zero attached hydrogens (tertiary/aromatic N) is 2. The number of carbonyl (C=O) groups is 1. The Hall–Kier alpha value is -0.870. The molecule has 0 aliphatic carbocycles. The SMILES string of the molecule is CN1C[C@@H]2CN(c3ccsc3)C(=O)[C@@H]2C1. The number of fused-ring (bicyclic) bond motifs is 1. The molecular formula is C11H14N2OS. The van der Waals surface area contributed by atoms with E-state index in [1.165, 1.54) is 0 Å². The lowest BCUT2D eigenvalue weighted by Gasteiger charge is -2.17. The Morgan fingerprint density at radius 2 is 2.27 bits per heavy atom. The maximum Gasteiger partial charge on any atom is 0.231 e. The maximum atomic E-state index is 12.1. The Morgan fingerprint density at radius 3 is 2.93 bits per heavy atom. The van der Waals surface area contributed by atoms with Crippen molar-refractivity contribution in [2.45, 2.75) is 0 Å². The Bertz CT molecular complexity index is 376. The van der Waals surface area contributed by atoms with E-state index in [9.17, 15) is 4.79 Å². The fourth-order valence-corrected chi connectivity index (χ4v) is 3.36. The third-order valence-corrected chi connectivity index (χ3v) is 4.11. The molecule has 1 aromatic heterocycles. The first-order chi connectivity index (χ1) is 7.25. The van der Waals surface area contributed by atoms with E-state index in [0.29, 0.717) is 11.8 Å². The Morgan fingerprint density at radius 1 is 1.40 bits per heavy atom. The average Bonchev–Trinajstić information content (AvgIpc) is 2.84. The average molecular weight is 222 g/mol. The van der Waals surface area contributed by atoms with E-state index in [0.717, 1.165) is 25.3 Å². The quantitative estimate of drug-likeness (QED) is 0.714. The van der Waals surface area contributed by atoms with Crippen molar-refractivity contribution in [2.75, 3.05) is 31.6 Å². The second-order valence-electron chi connectivity index (χ2n) is 4.52. The second-order valence-corrected chi connectivity index (χ2v) is 5.30. The molecule has 3 rings (SSSR count). The summed E-state index contributed by atoms with van der Waals surface area (Å²) in [6.07, 6.45) is 0. The van der Waals surface area contributed by atoms with Crippen LogP contribution in [0.5, 0.6) is 0 Å². The van der Waals surface area contributed by atoms with Gasteiger partial charge in [0.15, 0.2) is 0 Å². The predicted molar refractivity (Wildman–Crippen MR) is 61.1 cm³/mol. The highest BCUT2D eigenvalue weighted by atomic mass is 32.1. The zero-order valence-corrected chi connectivity index (χ0v) is 9.54. The van der Waals surface area contributed by atoms with Crippen LogP contribution in [0.1, 0.15) is 0 Å². The van der Waals surface area contributed by atoms with Crippen molar-refractivity contribution >= 4 is 22.9 Å². The number of rotatable bonds is 1. The number of hydrogen-bond acceptors (Lipinski definition) is 3. The molecule has 1 aromatic rings. The van der Waals surface area contributed by atoms with Gasteiger partial charge in [0.2, 0.25) is 5.91 Å². The molecule has 80 valence electrons. The van der Waals surface area contributed by atoms with Crippen molar-refractivity contribution in [2.24, 2.45) is 11.8 Å². The van der Waals surface area contributed by atoms with Crippen molar-refractivity contribution in [1.82, 2.24) is 4.90 Å². The summed E-state index contributed by atoms with van der Waals surface area (Å²) in [4.78, 5) is 16.4. The van der Waals surface area contributed by atoms with Gasteiger partial charge in [0, 0.05) is 30.9 Å². The smallest absolute Gasteiger partial charge is 0.231 e. The Labute approximate surface area is 93.3 Å². The molecule has 0 spiro atoms. The van der Waals surface area contributed by atoms with E-state index in [-0.39, 0.29) is 5.92 Å². The largest absolute Gasteiger partial charge is 0.311 e. The van der Waals surface area contributed by atoms with Gasteiger partial charge in [-0.1, -0.05) is 0 Å². The van der Waals surface area contributed by atoms with Crippen LogP contribution in [0.25, 0.3) is 0 Å². The molecule has 0 unspecified atom stereocenters. The van der Waals surface area contributed by atoms with Gasteiger partial charge in [-0.2, -0.15) is 11.3 Å². The molecule has 2 atom stereocenters. The summed E-state index contributed by atoms with van der Waals surface area (Å²) in [5, 5.41) is 4.09. The Balaban J connectivity index is 1.84. The Kier molecular flexibility index (Phi) is 2.07. The third-order valence-electron chi connectivity index (χ3n) is 3.44. The lowest BCUT2D eigenvalue weighted by Crippen LogP contribution is -2.31. The molecular weight excluding hydrogens is 208 g/mol. The van der Waals surface area contributed by atoms with Crippen molar-refractivity contribution in [3.05, 3.63) is 16.8 Å². The lowest BCUT2D eigenvalue weighted by molar-refractivity contribution is -0.120. The minimum atomic E-state index is 0.245. The first-order valence-corrected chi connectivity index (χ1v) is 6.22. The van der Waals surface area contributed by atoms with Gasteiger partial charge in [0.1, 0.15) is 0 Å². The van der Waals surface area contributed by atoms with E-state index in [2.05, 4.69) is 17.3 Å². The summed E-state index contributed by atoms with van der Waals surface area (Å²) in [7, 11) is 2.10. The summed E-state index contributed by atoms with van der Waals surface area (Å²) in [6.45, 7) is 2.91. The number of hydrogen-bond donors (Lipinski definition) is 0. The van der Waals surface area contributed by atoms with Gasteiger partial charge in [-0.25, -0.2) is 0 Å². The number of likely N-dealkylation sites (tertiary alicyclic amines) is 1. The van der Waals surface area contributed by atoms with Crippen molar-refractivity contribution in [1.29, 1.82) is 0 Å². The third kappa shape index (κ3) is 1.40. The van der Waals surface area contributed by atoms with Crippen LogP contribution in [0, 0.1) is 11.8 Å². The monoisotopic (exact) mass is 222 g/mol. The fraction of sp³-hybridized carbons (Fsp3) is 0.545. The van der Waals surface area contributed by atoms with Crippen LogP contribution in [0.3, 0.4) is 0 Å². The van der Waals surface area contributed by atoms with Crippen LogP contribution in [-0.2, 0) is 4.79 Å². The van der Waals surface area contributed by atoms with Crippen LogP contribution < -0.4 is 4.90 Å². The van der Waals surface area contributed by atoms with Gasteiger partial charge in [-0.15, -0.1) is 0 Å². The molecule has 0 aromatic carbocycles. The van der Waals surface area contributed by atoms with E-state index in [1.54, 1.807) is 11.3 Å². The minimum Gasteiger partial charge on any atom is -0.311 e. The molecule has 2 aliphatic rings. The summed E-state index contributed by atoms with van der Waals surface area (Å²) in [5.41, 5.74) is 1.09. The molecule has 0 radical (unpaired) electrons. The molecule has 0 bridgehead atoms. The van der Waals surface area contributed by atoms with Gasteiger partial charge in [0.05, 0.1) is 11.6 Å². The van der Waals surface area contributed by atoms with E-state index in [1.807, 2.05) is 16.3 Å². The van der Waals surface area contributed by atoms with Crippen LogP contribution in [0.4, 0.5) is 5.69 Å². The van der Waals surface area contributed by atoms with Crippen LogP contribution in [0.15, 0.2) is 16.8 Å². The van der Waals surface area contributed by atoms with Crippen LogP contribution in [-0.4, -0.2) is 37.5 Å². The van der Waals surface area contributed by atoms with Crippen molar-refractivity contribution in [3.8, 4) is 0 Å². The highest BCUT2D eigenvalue weighted by Crippen LogP contribution is 2.34. The molecule has 4 heteroatoms. The summed E-state index contributed by atoms with van der Waals surface area (Å²) >= 11 is 1.65. The first kappa shape index (κ1) is 9.36. The summed E-state index contributed by atoms with van der Waals surface area (Å²) in [5.74, 6) is 1.11. The van der Waals surface area contributed by atoms with Crippen molar-refractivity contribution in [3.63, 3.8) is 0 Å². The minimum absolute atomic E-state index is 0.245. The first-order valence-electron chi connectivity index (χ1n) is 5.28. The fourth-order valence-electron chi connectivity index (χ4n) is 2.72. The highest BCUT2D eigenvalue weighted by molar-refractivity contribution is 7.08. The predicted octanol–water partition coefficient (Wildman–Crippen LogP) is 1.27.